The molecule has 2 aliphatic rings. The van der Waals surface area contributed by atoms with Crippen molar-refractivity contribution in [3.63, 3.8) is 0 Å². The molecule has 6 nitrogen and oxygen atoms in total. The van der Waals surface area contributed by atoms with Gasteiger partial charge >= 0.3 is 0 Å². The van der Waals surface area contributed by atoms with E-state index in [9.17, 15) is 9.90 Å². The van der Waals surface area contributed by atoms with Gasteiger partial charge in [-0.2, -0.15) is 4.98 Å². The molecule has 2 aliphatic carbocycles. The van der Waals surface area contributed by atoms with Crippen molar-refractivity contribution in [3.8, 4) is 0 Å². The third-order valence-corrected chi connectivity index (χ3v) is 7.31. The lowest BCUT2D eigenvalue weighted by Crippen LogP contribution is -2.30. The van der Waals surface area contributed by atoms with Crippen LogP contribution < -0.4 is 10.9 Å². The summed E-state index contributed by atoms with van der Waals surface area (Å²) in [6.07, 6.45) is 8.07. The van der Waals surface area contributed by atoms with Crippen LogP contribution >= 0.6 is 11.6 Å². The average Bonchev–Trinajstić information content (AvgIpc) is 3.54. The van der Waals surface area contributed by atoms with Gasteiger partial charge in [0.15, 0.2) is 0 Å². The van der Waals surface area contributed by atoms with Crippen molar-refractivity contribution < 1.29 is 5.11 Å². The number of aromatic nitrogens is 3. The molecule has 0 unspecified atom stereocenters. The van der Waals surface area contributed by atoms with Crippen LogP contribution in [0.3, 0.4) is 0 Å². The van der Waals surface area contributed by atoms with E-state index in [2.05, 4.69) is 17.2 Å². The number of halogens is 1. The number of aliphatic hydroxyl groups is 1. The molecule has 2 fully saturated rings. The molecule has 0 saturated heterocycles. The molecule has 1 aromatic carbocycles. The molecule has 0 amide bonds. The zero-order chi connectivity index (χ0) is 20.9. The fourth-order valence-corrected chi connectivity index (χ4v) is 4.91. The molecule has 2 saturated carbocycles. The van der Waals surface area contributed by atoms with Crippen molar-refractivity contribution in [3.05, 3.63) is 39.8 Å². The number of aliphatic hydroxyl groups excluding tert-OH is 1. The maximum absolute atomic E-state index is 13.5. The van der Waals surface area contributed by atoms with Gasteiger partial charge < -0.3 is 10.4 Å². The number of rotatable bonds is 5. The van der Waals surface area contributed by atoms with Gasteiger partial charge in [0, 0.05) is 34.6 Å². The largest absolute Gasteiger partial charge is 0.393 e. The molecule has 3 aromatic rings. The van der Waals surface area contributed by atoms with Crippen LogP contribution in [0.4, 0.5) is 5.95 Å². The van der Waals surface area contributed by atoms with Crippen molar-refractivity contribution in [2.24, 2.45) is 5.41 Å². The summed E-state index contributed by atoms with van der Waals surface area (Å²) in [5, 5.41) is 16.2. The van der Waals surface area contributed by atoms with Gasteiger partial charge in [0.2, 0.25) is 5.95 Å². The zero-order valence-corrected chi connectivity index (χ0v) is 18.0. The van der Waals surface area contributed by atoms with E-state index < -0.39 is 0 Å². The van der Waals surface area contributed by atoms with Gasteiger partial charge in [0.25, 0.3) is 5.56 Å². The minimum atomic E-state index is -0.284. The summed E-state index contributed by atoms with van der Waals surface area (Å²) in [6.45, 7) is 3.08. The standard InChI is InChI=1S/C23H27ClN4O2/c1-2-23(9-10-23)13-26-22-25-12-19-17-8-3-14(24)11-18(17)21(30)28(20(19)27-22)15-4-6-16(29)7-5-15/h3,8,11-12,15-16,29H,2,4-7,9-10,13H2,1H3,(H,25,26,27)/t15-,16-. The average molecular weight is 427 g/mol. The number of hydrogen-bond donors (Lipinski definition) is 2. The normalized spacial score (nSPS) is 23.0. The topological polar surface area (TPSA) is 80.0 Å². The van der Waals surface area contributed by atoms with E-state index in [1.807, 2.05) is 16.8 Å². The first-order valence-electron chi connectivity index (χ1n) is 10.9. The Hall–Kier alpha value is -2.18. The Morgan fingerprint density at radius 3 is 2.67 bits per heavy atom. The summed E-state index contributed by atoms with van der Waals surface area (Å²) in [7, 11) is 0. The fraction of sp³-hybridized carbons (Fsp3) is 0.522. The first-order valence-corrected chi connectivity index (χ1v) is 11.3. The van der Waals surface area contributed by atoms with E-state index in [-0.39, 0.29) is 17.7 Å². The molecule has 0 aliphatic heterocycles. The van der Waals surface area contributed by atoms with Gasteiger partial charge in [0.1, 0.15) is 5.65 Å². The number of nitrogens with zero attached hydrogens (tertiary/aromatic N) is 3. The van der Waals surface area contributed by atoms with Gasteiger partial charge in [-0.3, -0.25) is 9.36 Å². The molecular formula is C23H27ClN4O2. The Labute approximate surface area is 180 Å². The molecule has 0 bridgehead atoms. The highest BCUT2D eigenvalue weighted by molar-refractivity contribution is 6.31. The van der Waals surface area contributed by atoms with Gasteiger partial charge in [-0.15, -0.1) is 0 Å². The van der Waals surface area contributed by atoms with Gasteiger partial charge in [0.05, 0.1) is 6.10 Å². The lowest BCUT2D eigenvalue weighted by atomic mass is 9.92. The SMILES string of the molecule is CCC1(CNc2ncc3c4ccc(Cl)cc4c(=O)n([C@H]4CC[C@H](O)CC4)c3n2)CC1. The first-order chi connectivity index (χ1) is 14.5. The molecule has 2 N–H and O–H groups in total. The minimum absolute atomic E-state index is 0.0138. The third-order valence-electron chi connectivity index (χ3n) is 7.08. The predicted molar refractivity (Wildman–Crippen MR) is 120 cm³/mol. The summed E-state index contributed by atoms with van der Waals surface area (Å²) in [6, 6.07) is 5.43. The number of anilines is 1. The lowest BCUT2D eigenvalue weighted by Gasteiger charge is -2.28. The van der Waals surface area contributed by atoms with Crippen LogP contribution in [0.1, 0.15) is 57.9 Å². The van der Waals surface area contributed by atoms with Gasteiger partial charge in [-0.1, -0.05) is 24.6 Å². The highest BCUT2D eigenvalue weighted by Gasteiger charge is 2.40. The van der Waals surface area contributed by atoms with Crippen LogP contribution in [0.25, 0.3) is 21.8 Å². The molecular weight excluding hydrogens is 400 g/mol. The van der Waals surface area contributed by atoms with Crippen LogP contribution in [0, 0.1) is 5.41 Å². The Kier molecular flexibility index (Phi) is 4.94. The second-order valence-electron chi connectivity index (χ2n) is 8.97. The van der Waals surface area contributed by atoms with Crippen LogP contribution in [-0.2, 0) is 0 Å². The highest BCUT2D eigenvalue weighted by atomic mass is 35.5. The van der Waals surface area contributed by atoms with Crippen molar-refractivity contribution >= 4 is 39.4 Å². The van der Waals surface area contributed by atoms with Crippen molar-refractivity contribution in [2.45, 2.75) is 64.0 Å². The molecule has 0 atom stereocenters. The molecule has 5 rings (SSSR count). The molecule has 0 radical (unpaired) electrons. The zero-order valence-electron chi connectivity index (χ0n) is 17.2. The second-order valence-corrected chi connectivity index (χ2v) is 9.40. The Morgan fingerprint density at radius 1 is 1.20 bits per heavy atom. The summed E-state index contributed by atoms with van der Waals surface area (Å²) >= 11 is 6.21. The summed E-state index contributed by atoms with van der Waals surface area (Å²) in [5.74, 6) is 0.569. The number of nitrogens with one attached hydrogen (secondary N) is 1. The number of pyridine rings is 1. The van der Waals surface area contributed by atoms with Crippen molar-refractivity contribution in [1.29, 1.82) is 0 Å². The summed E-state index contributed by atoms with van der Waals surface area (Å²) < 4.78 is 1.82. The van der Waals surface area contributed by atoms with E-state index >= 15 is 0 Å². The summed E-state index contributed by atoms with van der Waals surface area (Å²) in [5.41, 5.74) is 0.964. The van der Waals surface area contributed by atoms with E-state index in [0.717, 1.165) is 36.6 Å². The number of benzene rings is 1. The van der Waals surface area contributed by atoms with E-state index in [0.29, 0.717) is 40.3 Å². The monoisotopic (exact) mass is 426 g/mol. The number of fused-ring (bicyclic) bond motifs is 3. The molecule has 158 valence electrons. The Bertz CT molecular complexity index is 1160. The first kappa shape index (κ1) is 19.8. The van der Waals surface area contributed by atoms with Crippen LogP contribution in [0.15, 0.2) is 29.2 Å². The van der Waals surface area contributed by atoms with Gasteiger partial charge in [-0.25, -0.2) is 4.98 Å². The van der Waals surface area contributed by atoms with Crippen LogP contribution in [0.5, 0.6) is 0 Å². The van der Waals surface area contributed by atoms with E-state index in [1.165, 1.54) is 12.8 Å². The molecule has 2 heterocycles. The molecule has 0 spiro atoms. The Morgan fingerprint density at radius 2 is 1.97 bits per heavy atom. The predicted octanol–water partition coefficient (Wildman–Crippen LogP) is 4.68. The van der Waals surface area contributed by atoms with E-state index in [4.69, 9.17) is 16.6 Å². The maximum atomic E-state index is 13.5. The molecule has 7 heteroatoms. The number of hydrogen-bond acceptors (Lipinski definition) is 5. The van der Waals surface area contributed by atoms with Crippen molar-refractivity contribution in [1.82, 2.24) is 14.5 Å². The second kappa shape index (κ2) is 7.50. The quantitative estimate of drug-likeness (QED) is 0.579. The maximum Gasteiger partial charge on any atom is 0.260 e. The lowest BCUT2D eigenvalue weighted by molar-refractivity contribution is 0.111. The smallest absolute Gasteiger partial charge is 0.260 e. The fourth-order valence-electron chi connectivity index (χ4n) is 4.74. The van der Waals surface area contributed by atoms with Crippen molar-refractivity contribution in [2.75, 3.05) is 11.9 Å². The van der Waals surface area contributed by atoms with Crippen LogP contribution in [0.2, 0.25) is 5.02 Å². The third kappa shape index (κ3) is 3.46. The van der Waals surface area contributed by atoms with E-state index in [1.54, 1.807) is 12.1 Å². The highest BCUT2D eigenvalue weighted by Crippen LogP contribution is 2.48. The molecule has 30 heavy (non-hydrogen) atoms. The minimum Gasteiger partial charge on any atom is -0.393 e. The van der Waals surface area contributed by atoms with Crippen LogP contribution in [-0.4, -0.2) is 32.3 Å². The van der Waals surface area contributed by atoms with Gasteiger partial charge in [-0.05, 0) is 67.9 Å². The summed E-state index contributed by atoms with van der Waals surface area (Å²) in [4.78, 5) is 22.9. The molecule has 2 aromatic heterocycles. The Balaban J connectivity index is 1.65.